The summed E-state index contributed by atoms with van der Waals surface area (Å²) in [4.78, 5) is 83.6. The van der Waals surface area contributed by atoms with Crippen LogP contribution >= 0.6 is 22.9 Å². The molecule has 7 atom stereocenters. The van der Waals surface area contributed by atoms with Gasteiger partial charge in [-0.2, -0.15) is 0 Å². The largest absolute Gasteiger partial charge is 0.508 e. The lowest BCUT2D eigenvalue weighted by Crippen LogP contribution is -2.48. The van der Waals surface area contributed by atoms with Crippen LogP contribution in [0.1, 0.15) is 101 Å². The van der Waals surface area contributed by atoms with Crippen LogP contribution in [0.5, 0.6) is 5.75 Å². The van der Waals surface area contributed by atoms with E-state index in [1.54, 1.807) is 31.3 Å². The zero-order chi connectivity index (χ0) is 44.9. The van der Waals surface area contributed by atoms with Crippen LogP contribution < -0.4 is 4.74 Å². The zero-order valence-corrected chi connectivity index (χ0v) is 37.1. The van der Waals surface area contributed by atoms with Crippen LogP contribution in [0.4, 0.5) is 4.79 Å². The van der Waals surface area contributed by atoms with E-state index in [-0.39, 0.29) is 55.2 Å². The first-order valence-electron chi connectivity index (χ1n) is 20.8. The predicted molar refractivity (Wildman–Crippen MR) is 229 cm³/mol. The minimum Gasteiger partial charge on any atom is -0.457 e. The number of fused-ring (bicyclic) bond motifs is 2. The molecule has 0 bridgehead atoms. The van der Waals surface area contributed by atoms with Crippen molar-refractivity contribution in [2.24, 2.45) is 17.3 Å². The van der Waals surface area contributed by atoms with Crippen LogP contribution in [0.3, 0.4) is 0 Å². The zero-order valence-electron chi connectivity index (χ0n) is 35.6. The van der Waals surface area contributed by atoms with E-state index < -0.39 is 77.4 Å². The standard InChI is InChI=1S/C46H53ClN2O12S/c1-7-10-30-42(54)26(2)11-8-19-46(6)37(61-46)23-34(29-14-16-35-32(22-29)48-27(3)62-35)59-41(53)24-36(45(4,5)43(30)55)60-44(56)57-25-28-13-15-33(31(47)21-28)58-40(52)12-9-20-49-38(50)17-18-39(49)51/h7,13-18,21-22,26,30,34,36-37,42,54H,1,8-12,19-20,23-25H2,2-6H3/t26-,30+,34-,36-,37+,42-,46-/m0/s1. The first-order chi connectivity index (χ1) is 29.4. The topological polar surface area (TPSA) is 188 Å². The number of nitrogens with zero attached hydrogens (tertiary/aromatic N) is 2. The normalized spacial score (nSPS) is 26.8. The Balaban J connectivity index is 1.17. The number of aliphatic hydroxyl groups is 1. The lowest BCUT2D eigenvalue weighted by molar-refractivity contribution is -0.157. The Morgan fingerprint density at radius 2 is 1.84 bits per heavy atom. The summed E-state index contributed by atoms with van der Waals surface area (Å²) in [6.07, 6.45) is 1.59. The molecule has 0 spiro atoms. The first kappa shape index (κ1) is 46.5. The number of amides is 2. The summed E-state index contributed by atoms with van der Waals surface area (Å²) in [5.41, 5.74) is -0.0449. The molecule has 62 heavy (non-hydrogen) atoms. The summed E-state index contributed by atoms with van der Waals surface area (Å²) in [5.74, 6) is -3.77. The van der Waals surface area contributed by atoms with Gasteiger partial charge in [0.1, 0.15) is 30.3 Å². The molecule has 0 radical (unpaired) electrons. The number of ether oxygens (including phenoxy) is 5. The van der Waals surface area contributed by atoms with E-state index in [2.05, 4.69) is 11.6 Å². The summed E-state index contributed by atoms with van der Waals surface area (Å²) in [6.45, 7) is 12.5. The van der Waals surface area contributed by atoms with E-state index in [0.29, 0.717) is 18.4 Å². The average Bonchev–Trinajstić information content (AvgIpc) is 3.50. The SMILES string of the molecule is C=CC[C@H]1C(=O)C(C)(C)[C@@H](OC(=O)OCc2ccc(OC(=O)CCCN3C(=O)C=CC3=O)c(Cl)c2)CC(=O)O[C@H](c2ccc3sc(C)nc3c2)C[C@H]2O[C@@]2(C)CCC[C@H](C)[C@@H]1O. The average molecular weight is 893 g/mol. The van der Waals surface area contributed by atoms with Gasteiger partial charge in [-0.25, -0.2) is 9.78 Å². The maximum absolute atomic E-state index is 14.5. The monoisotopic (exact) mass is 892 g/mol. The minimum atomic E-state index is -1.51. The molecule has 0 aliphatic carbocycles. The first-order valence-corrected chi connectivity index (χ1v) is 22.0. The van der Waals surface area contributed by atoms with Crippen molar-refractivity contribution in [3.63, 3.8) is 0 Å². The van der Waals surface area contributed by atoms with Crippen LogP contribution in [0.15, 0.2) is 61.2 Å². The number of hydrogen-bond donors (Lipinski definition) is 1. The van der Waals surface area contributed by atoms with Gasteiger partial charge in [-0.1, -0.05) is 43.2 Å². The van der Waals surface area contributed by atoms with Crippen LogP contribution in [0.2, 0.25) is 5.02 Å². The fourth-order valence-corrected chi connectivity index (χ4v) is 9.14. The molecule has 0 unspecified atom stereocenters. The van der Waals surface area contributed by atoms with Crippen molar-refractivity contribution < 1.29 is 57.6 Å². The number of rotatable bonds is 11. The number of halogens is 1. The molecule has 2 saturated heterocycles. The van der Waals surface area contributed by atoms with Gasteiger partial charge in [-0.3, -0.25) is 28.9 Å². The number of benzene rings is 2. The Morgan fingerprint density at radius 3 is 2.55 bits per heavy atom. The van der Waals surface area contributed by atoms with Crippen molar-refractivity contribution in [3.05, 3.63) is 82.4 Å². The number of aryl methyl sites for hydroxylation is 1. The summed E-state index contributed by atoms with van der Waals surface area (Å²) in [7, 11) is 0. The summed E-state index contributed by atoms with van der Waals surface area (Å²) < 4.78 is 30.1. The number of carbonyl (C=O) groups excluding carboxylic acids is 6. The van der Waals surface area contributed by atoms with E-state index in [1.807, 2.05) is 39.0 Å². The number of allylic oxidation sites excluding steroid dienone is 1. The number of thiazole rings is 1. The molecule has 0 saturated carbocycles. The van der Waals surface area contributed by atoms with Gasteiger partial charge >= 0.3 is 18.1 Å². The molecule has 4 heterocycles. The van der Waals surface area contributed by atoms with E-state index in [0.717, 1.165) is 38.5 Å². The fraction of sp³-hybridized carbons (Fsp3) is 0.500. The summed E-state index contributed by atoms with van der Waals surface area (Å²) >= 11 is 7.96. The van der Waals surface area contributed by atoms with E-state index in [4.69, 9.17) is 35.3 Å². The van der Waals surface area contributed by atoms with Crippen molar-refractivity contribution in [2.45, 2.75) is 123 Å². The maximum Gasteiger partial charge on any atom is 0.508 e. The van der Waals surface area contributed by atoms with Crippen LogP contribution in [0.25, 0.3) is 10.2 Å². The summed E-state index contributed by atoms with van der Waals surface area (Å²) in [6, 6.07) is 10.1. The molecule has 2 fully saturated rings. The molecule has 2 aromatic carbocycles. The number of aromatic nitrogens is 1. The predicted octanol–water partition coefficient (Wildman–Crippen LogP) is 8.08. The van der Waals surface area contributed by atoms with E-state index in [9.17, 15) is 33.9 Å². The highest BCUT2D eigenvalue weighted by atomic mass is 35.5. The number of esters is 2. The number of carbonyl (C=O) groups is 6. The molecule has 1 N–H and O–H groups in total. The third-order valence-corrected chi connectivity index (χ3v) is 13.2. The molecular weight excluding hydrogens is 840 g/mol. The number of ketones is 1. The third-order valence-electron chi connectivity index (χ3n) is 12.0. The van der Waals surface area contributed by atoms with Crippen molar-refractivity contribution in [1.29, 1.82) is 0 Å². The molecule has 332 valence electrons. The van der Waals surface area contributed by atoms with Crippen molar-refractivity contribution in [3.8, 4) is 5.75 Å². The number of epoxide rings is 1. The van der Waals surface area contributed by atoms with Crippen molar-refractivity contribution >= 4 is 68.8 Å². The molecule has 1 aromatic heterocycles. The van der Waals surface area contributed by atoms with Gasteiger partial charge in [0.05, 0.1) is 49.9 Å². The second-order valence-corrected chi connectivity index (χ2v) is 18.7. The lowest BCUT2D eigenvalue weighted by Gasteiger charge is -2.37. The van der Waals surface area contributed by atoms with Crippen LogP contribution in [-0.2, 0) is 49.5 Å². The van der Waals surface area contributed by atoms with Gasteiger partial charge in [0.25, 0.3) is 11.8 Å². The van der Waals surface area contributed by atoms with Gasteiger partial charge in [0.2, 0.25) is 0 Å². The van der Waals surface area contributed by atoms with Crippen molar-refractivity contribution in [1.82, 2.24) is 9.88 Å². The Labute approximate surface area is 369 Å². The number of cyclic esters (lactones) is 1. The Morgan fingerprint density at radius 1 is 1.10 bits per heavy atom. The number of hydrogen-bond acceptors (Lipinski definition) is 14. The molecule has 6 rings (SSSR count). The van der Waals surface area contributed by atoms with Crippen molar-refractivity contribution in [2.75, 3.05) is 6.54 Å². The molecule has 2 amide bonds. The smallest absolute Gasteiger partial charge is 0.457 e. The van der Waals surface area contributed by atoms with Crippen LogP contribution in [0, 0.1) is 24.2 Å². The highest BCUT2D eigenvalue weighted by molar-refractivity contribution is 7.18. The third kappa shape index (κ3) is 11.2. The number of imide groups is 1. The number of Topliss-reactive ketones (excluding diaryl/α,β-unsaturated/α-hetero) is 1. The van der Waals surface area contributed by atoms with Gasteiger partial charge in [0, 0.05) is 37.5 Å². The summed E-state index contributed by atoms with van der Waals surface area (Å²) in [5, 5.41) is 12.5. The quantitative estimate of drug-likeness (QED) is 0.0640. The van der Waals surface area contributed by atoms with Gasteiger partial charge < -0.3 is 28.8 Å². The molecule has 14 nitrogen and oxygen atoms in total. The Hall–Kier alpha value is -4.96. The highest BCUT2D eigenvalue weighted by Crippen LogP contribution is 2.47. The van der Waals surface area contributed by atoms with Gasteiger partial charge in [-0.15, -0.1) is 17.9 Å². The molecule has 16 heteroatoms. The van der Waals surface area contributed by atoms with E-state index >= 15 is 0 Å². The molecule has 3 aliphatic heterocycles. The van der Waals surface area contributed by atoms with Gasteiger partial charge in [0.15, 0.2) is 0 Å². The molecular formula is C46H53ClN2O12S. The second-order valence-electron chi connectivity index (χ2n) is 17.0. The molecule has 3 aromatic rings. The Bertz CT molecular complexity index is 2240. The minimum absolute atomic E-state index is 0.0468. The fourth-order valence-electron chi connectivity index (χ4n) is 8.09. The van der Waals surface area contributed by atoms with Gasteiger partial charge in [-0.05, 0) is 94.7 Å². The lowest BCUT2D eigenvalue weighted by atomic mass is 9.71. The number of aliphatic hydroxyl groups excluding tert-OH is 1. The second kappa shape index (κ2) is 19.6. The maximum atomic E-state index is 14.5. The van der Waals surface area contributed by atoms with Crippen LogP contribution in [-0.4, -0.2) is 81.1 Å². The molecule has 3 aliphatic rings. The van der Waals surface area contributed by atoms with E-state index in [1.165, 1.54) is 30.4 Å². The highest BCUT2D eigenvalue weighted by Gasteiger charge is 2.53. The Kier molecular flexibility index (Phi) is 14.7.